The number of carbonyl (C=O) groups is 2. The van der Waals surface area contributed by atoms with E-state index in [-0.39, 0.29) is 18.1 Å². The van der Waals surface area contributed by atoms with Crippen molar-refractivity contribution < 1.29 is 38.1 Å². The zero-order chi connectivity index (χ0) is 25.7. The Morgan fingerprint density at radius 2 is 1.73 bits per heavy atom. The third-order valence-corrected chi connectivity index (χ3v) is 6.46. The molecule has 0 fully saturated rings. The van der Waals surface area contributed by atoms with Crippen molar-refractivity contribution in [2.75, 3.05) is 25.9 Å². The number of ketones is 1. The Labute approximate surface area is 211 Å². The van der Waals surface area contributed by atoms with Gasteiger partial charge in [-0.1, -0.05) is 24.3 Å². The molecule has 0 bridgehead atoms. The lowest BCUT2D eigenvalue weighted by Crippen LogP contribution is -2.31. The number of furan rings is 1. The van der Waals surface area contributed by atoms with Crippen LogP contribution in [0.2, 0.25) is 0 Å². The largest absolute Gasteiger partial charge is 0.503 e. The van der Waals surface area contributed by atoms with Crippen LogP contribution in [0, 0.1) is 0 Å². The lowest BCUT2D eigenvalue weighted by molar-refractivity contribution is -0.117. The van der Waals surface area contributed by atoms with Crippen molar-refractivity contribution >= 4 is 28.3 Å². The number of amides is 1. The molecule has 0 aliphatic carbocycles. The Balaban J connectivity index is 1.51. The quantitative estimate of drug-likeness (QED) is 0.371. The number of nitrogens with zero attached hydrogens (tertiary/aromatic N) is 1. The van der Waals surface area contributed by atoms with Crippen molar-refractivity contribution in [2.45, 2.75) is 6.04 Å². The molecule has 3 aromatic carbocycles. The molecule has 1 aromatic heterocycles. The number of aliphatic hydroxyl groups excluding tert-OH is 1. The average molecular weight is 499 g/mol. The van der Waals surface area contributed by atoms with Gasteiger partial charge in [0.15, 0.2) is 34.5 Å². The second kappa shape index (κ2) is 8.63. The van der Waals surface area contributed by atoms with Gasteiger partial charge in [0.25, 0.3) is 5.91 Å². The third-order valence-electron chi connectivity index (χ3n) is 6.46. The van der Waals surface area contributed by atoms with Crippen molar-refractivity contribution in [3.8, 4) is 23.0 Å². The van der Waals surface area contributed by atoms with Gasteiger partial charge in [0.2, 0.25) is 12.6 Å². The first-order chi connectivity index (χ1) is 18.0. The topological polar surface area (TPSA) is 108 Å². The summed E-state index contributed by atoms with van der Waals surface area (Å²) in [4.78, 5) is 28.6. The van der Waals surface area contributed by atoms with Crippen molar-refractivity contribution in [3.63, 3.8) is 0 Å². The van der Waals surface area contributed by atoms with Gasteiger partial charge in [0.05, 0.1) is 25.8 Å². The Bertz CT molecular complexity index is 1570. The molecule has 1 unspecified atom stereocenters. The van der Waals surface area contributed by atoms with E-state index in [2.05, 4.69) is 0 Å². The third kappa shape index (κ3) is 3.55. The van der Waals surface area contributed by atoms with Crippen LogP contribution < -0.4 is 23.8 Å². The molecule has 9 heteroatoms. The molecule has 1 amide bonds. The molecule has 2 aliphatic heterocycles. The van der Waals surface area contributed by atoms with E-state index >= 15 is 0 Å². The highest BCUT2D eigenvalue weighted by atomic mass is 16.7. The molecule has 3 heterocycles. The van der Waals surface area contributed by atoms with Gasteiger partial charge in [-0.15, -0.1) is 0 Å². The molecular formula is C28H21NO8. The first-order valence-electron chi connectivity index (χ1n) is 11.4. The van der Waals surface area contributed by atoms with Crippen LogP contribution in [0.1, 0.15) is 22.2 Å². The number of carbonyl (C=O) groups excluding carboxylic acids is 2. The maximum atomic E-state index is 13.8. The highest BCUT2D eigenvalue weighted by molar-refractivity contribution is 6.20. The summed E-state index contributed by atoms with van der Waals surface area (Å²) < 4.78 is 27.5. The molecule has 37 heavy (non-hydrogen) atoms. The Morgan fingerprint density at radius 3 is 2.51 bits per heavy atom. The van der Waals surface area contributed by atoms with E-state index < -0.39 is 23.5 Å². The minimum Gasteiger partial charge on any atom is -0.503 e. The van der Waals surface area contributed by atoms with E-state index in [1.165, 1.54) is 19.1 Å². The monoisotopic (exact) mass is 499 g/mol. The van der Waals surface area contributed by atoms with E-state index in [0.29, 0.717) is 39.8 Å². The Hall–Kier alpha value is -4.92. The van der Waals surface area contributed by atoms with E-state index in [0.717, 1.165) is 5.39 Å². The predicted octanol–water partition coefficient (Wildman–Crippen LogP) is 4.96. The zero-order valence-electron chi connectivity index (χ0n) is 19.9. The Morgan fingerprint density at radius 1 is 0.946 bits per heavy atom. The fourth-order valence-electron chi connectivity index (χ4n) is 4.70. The first-order valence-corrected chi connectivity index (χ1v) is 11.4. The minimum atomic E-state index is -0.992. The number of anilines is 1. The number of methoxy groups -OCH3 is 2. The summed E-state index contributed by atoms with van der Waals surface area (Å²) in [6.45, 7) is 0.0606. The molecule has 0 spiro atoms. The highest BCUT2D eigenvalue weighted by Crippen LogP contribution is 2.46. The number of hydrogen-bond acceptors (Lipinski definition) is 8. The molecule has 9 nitrogen and oxygen atoms in total. The molecule has 6 rings (SSSR count). The first kappa shape index (κ1) is 22.5. The maximum absolute atomic E-state index is 13.8. The van der Waals surface area contributed by atoms with Gasteiger partial charge >= 0.3 is 0 Å². The van der Waals surface area contributed by atoms with Gasteiger partial charge in [0, 0.05) is 17.1 Å². The van der Waals surface area contributed by atoms with E-state index in [4.69, 9.17) is 23.4 Å². The van der Waals surface area contributed by atoms with Gasteiger partial charge < -0.3 is 28.5 Å². The molecule has 0 radical (unpaired) electrons. The minimum absolute atomic E-state index is 0.00793. The summed E-state index contributed by atoms with van der Waals surface area (Å²) in [6.07, 6.45) is 0. The van der Waals surface area contributed by atoms with Gasteiger partial charge in [0.1, 0.15) is 5.58 Å². The number of ether oxygens (including phenoxy) is 4. The number of hydrogen-bond donors (Lipinski definition) is 1. The van der Waals surface area contributed by atoms with Crippen LogP contribution in [0.3, 0.4) is 0 Å². The average Bonchev–Trinajstić information content (AvgIpc) is 3.64. The summed E-state index contributed by atoms with van der Waals surface area (Å²) in [7, 11) is 3.00. The molecule has 1 N–H and O–H groups in total. The molecule has 0 saturated carbocycles. The second-order valence-electron chi connectivity index (χ2n) is 8.47. The normalized spacial score (nSPS) is 16.5. The van der Waals surface area contributed by atoms with Crippen LogP contribution in [0.25, 0.3) is 11.0 Å². The van der Waals surface area contributed by atoms with Crippen LogP contribution in [0.15, 0.2) is 82.5 Å². The van der Waals surface area contributed by atoms with Crippen molar-refractivity contribution in [1.29, 1.82) is 0 Å². The van der Waals surface area contributed by atoms with Crippen molar-refractivity contribution in [2.24, 2.45) is 0 Å². The fourth-order valence-corrected chi connectivity index (χ4v) is 4.70. The van der Waals surface area contributed by atoms with Crippen LogP contribution in [0.4, 0.5) is 5.69 Å². The van der Waals surface area contributed by atoms with Gasteiger partial charge in [-0.3, -0.25) is 14.5 Å². The number of rotatable bonds is 6. The number of fused-ring (bicyclic) bond motifs is 2. The fraction of sp³-hybridized carbons (Fsp3) is 0.143. The molecule has 186 valence electrons. The summed E-state index contributed by atoms with van der Waals surface area (Å²) >= 11 is 0. The van der Waals surface area contributed by atoms with Crippen molar-refractivity contribution in [3.05, 3.63) is 89.4 Å². The summed E-state index contributed by atoms with van der Waals surface area (Å²) in [5.74, 6) is -0.134. The lowest BCUT2D eigenvalue weighted by atomic mass is 9.94. The standard InChI is InChI=1S/C28H21NO8/c1-33-19-9-7-16(12-21(19)34-2)25-24(26(30)23-11-15-5-3-4-6-18(15)37-23)27(31)28(32)29(25)17-8-10-20-22(13-17)36-14-35-20/h3-13,25,31H,14H2,1-2H3. The van der Waals surface area contributed by atoms with Crippen LogP contribution in [-0.2, 0) is 4.79 Å². The van der Waals surface area contributed by atoms with Crippen LogP contribution in [-0.4, -0.2) is 37.8 Å². The van der Waals surface area contributed by atoms with E-state index in [1.54, 1.807) is 54.6 Å². The number of para-hydroxylation sites is 1. The smallest absolute Gasteiger partial charge is 0.294 e. The van der Waals surface area contributed by atoms with E-state index in [9.17, 15) is 14.7 Å². The van der Waals surface area contributed by atoms with Crippen LogP contribution in [0.5, 0.6) is 23.0 Å². The van der Waals surface area contributed by atoms with E-state index in [1.807, 2.05) is 12.1 Å². The highest BCUT2D eigenvalue weighted by Gasteiger charge is 2.46. The predicted molar refractivity (Wildman–Crippen MR) is 133 cm³/mol. The van der Waals surface area contributed by atoms with Crippen molar-refractivity contribution in [1.82, 2.24) is 0 Å². The second-order valence-corrected chi connectivity index (χ2v) is 8.47. The zero-order valence-corrected chi connectivity index (χ0v) is 19.9. The molecule has 2 aliphatic rings. The SMILES string of the molecule is COc1ccc(C2C(C(=O)c3cc4ccccc4o3)=C(O)C(=O)N2c2ccc3c(c2)OCO3)cc1OC. The summed E-state index contributed by atoms with van der Waals surface area (Å²) in [5.41, 5.74) is 1.33. The van der Waals surface area contributed by atoms with Gasteiger partial charge in [-0.2, -0.15) is 0 Å². The number of Topliss-reactive ketones (excluding diaryl/α,β-unsaturated/α-hetero) is 1. The number of benzene rings is 3. The molecular weight excluding hydrogens is 478 g/mol. The maximum Gasteiger partial charge on any atom is 0.294 e. The van der Waals surface area contributed by atoms with Gasteiger partial charge in [-0.05, 0) is 42.0 Å². The van der Waals surface area contributed by atoms with Crippen LogP contribution >= 0.6 is 0 Å². The molecule has 0 saturated heterocycles. The molecule has 1 atom stereocenters. The lowest BCUT2D eigenvalue weighted by Gasteiger charge is -2.27. The Kier molecular flexibility index (Phi) is 5.26. The summed E-state index contributed by atoms with van der Waals surface area (Å²) in [6, 6.07) is 17.8. The number of aliphatic hydroxyl groups is 1. The summed E-state index contributed by atoms with van der Waals surface area (Å²) in [5, 5.41) is 11.8. The van der Waals surface area contributed by atoms with Gasteiger partial charge in [-0.25, -0.2) is 0 Å². The molecule has 4 aromatic rings.